The first-order valence-electron chi connectivity index (χ1n) is 6.96. The van der Waals surface area contributed by atoms with Crippen LogP contribution in [-0.2, 0) is 0 Å². The van der Waals surface area contributed by atoms with Crippen LogP contribution in [0.5, 0.6) is 17.2 Å². The molecule has 0 aliphatic carbocycles. The van der Waals surface area contributed by atoms with Gasteiger partial charge in [0.05, 0.1) is 12.8 Å². The maximum atomic E-state index is 13.6. The Labute approximate surface area is 124 Å². The second kappa shape index (κ2) is 6.48. The molecule has 0 aliphatic heterocycles. The molecule has 0 heterocycles. The number of para-hydroxylation sites is 1. The van der Waals surface area contributed by atoms with E-state index in [2.05, 4.69) is 13.8 Å². The van der Waals surface area contributed by atoms with E-state index in [-0.39, 0.29) is 11.4 Å². The van der Waals surface area contributed by atoms with Gasteiger partial charge in [-0.3, -0.25) is 0 Å². The molecule has 2 aromatic carbocycles. The van der Waals surface area contributed by atoms with E-state index in [1.165, 1.54) is 19.2 Å². The van der Waals surface area contributed by atoms with Gasteiger partial charge in [-0.1, -0.05) is 32.0 Å². The van der Waals surface area contributed by atoms with Crippen LogP contribution < -0.4 is 15.2 Å². The normalized spacial score (nSPS) is 12.0. The zero-order valence-corrected chi connectivity index (χ0v) is 12.5. The van der Waals surface area contributed by atoms with Crippen molar-refractivity contribution in [3.05, 3.63) is 47.8 Å². The molecule has 0 fully saturated rings. The molecule has 0 amide bonds. The van der Waals surface area contributed by atoms with Crippen molar-refractivity contribution in [2.45, 2.75) is 26.2 Å². The molecule has 1 unspecified atom stereocenters. The Morgan fingerprint density at radius 1 is 1.14 bits per heavy atom. The lowest BCUT2D eigenvalue weighted by Crippen LogP contribution is -1.99. The second-order valence-corrected chi connectivity index (χ2v) is 4.97. The van der Waals surface area contributed by atoms with Gasteiger partial charge in [-0.25, -0.2) is 4.39 Å². The number of halogens is 1. The number of hydrogen-bond donors (Lipinski definition) is 1. The summed E-state index contributed by atoms with van der Waals surface area (Å²) in [6.07, 6.45) is 1.00. The minimum absolute atomic E-state index is 0.111. The predicted molar refractivity (Wildman–Crippen MR) is 82.6 cm³/mol. The highest BCUT2D eigenvalue weighted by atomic mass is 19.1. The molecule has 0 spiro atoms. The van der Waals surface area contributed by atoms with Crippen molar-refractivity contribution in [3.8, 4) is 17.2 Å². The van der Waals surface area contributed by atoms with Crippen LogP contribution in [0.2, 0.25) is 0 Å². The predicted octanol–water partition coefficient (Wildman–Crippen LogP) is 4.72. The van der Waals surface area contributed by atoms with Gasteiger partial charge in [0, 0.05) is 12.1 Å². The summed E-state index contributed by atoms with van der Waals surface area (Å²) in [6, 6.07) is 10.5. The van der Waals surface area contributed by atoms with Gasteiger partial charge in [0.15, 0.2) is 17.3 Å². The zero-order chi connectivity index (χ0) is 15.4. The van der Waals surface area contributed by atoms with Crippen molar-refractivity contribution < 1.29 is 13.9 Å². The monoisotopic (exact) mass is 289 g/mol. The zero-order valence-electron chi connectivity index (χ0n) is 12.5. The van der Waals surface area contributed by atoms with Crippen LogP contribution in [0.15, 0.2) is 36.4 Å². The maximum Gasteiger partial charge on any atom is 0.167 e. The van der Waals surface area contributed by atoms with Crippen LogP contribution in [0.1, 0.15) is 31.7 Å². The van der Waals surface area contributed by atoms with E-state index in [1.807, 2.05) is 24.3 Å². The molecule has 0 saturated carbocycles. The molecule has 112 valence electrons. The highest BCUT2D eigenvalue weighted by Gasteiger charge is 2.14. The third kappa shape index (κ3) is 3.27. The van der Waals surface area contributed by atoms with E-state index in [0.29, 0.717) is 11.7 Å². The van der Waals surface area contributed by atoms with Crippen LogP contribution in [-0.4, -0.2) is 7.11 Å². The SMILES string of the molecule is CCC(C)c1ccccc1Oc1cc(OC)c(F)cc1N. The Morgan fingerprint density at radius 2 is 1.86 bits per heavy atom. The summed E-state index contributed by atoms with van der Waals surface area (Å²) in [5.74, 6) is 1.10. The number of nitrogens with two attached hydrogens (primary N) is 1. The molecule has 2 aromatic rings. The fourth-order valence-electron chi connectivity index (χ4n) is 2.11. The van der Waals surface area contributed by atoms with Gasteiger partial charge in [0.1, 0.15) is 5.75 Å². The van der Waals surface area contributed by atoms with Gasteiger partial charge in [-0.2, -0.15) is 0 Å². The van der Waals surface area contributed by atoms with Crippen molar-refractivity contribution in [2.24, 2.45) is 0 Å². The standard InChI is InChI=1S/C17H20FNO2/c1-4-11(2)12-7-5-6-8-15(12)21-17-10-16(20-3)13(18)9-14(17)19/h5-11H,4,19H2,1-3H3. The van der Waals surface area contributed by atoms with Gasteiger partial charge in [-0.05, 0) is 24.0 Å². The third-order valence-electron chi connectivity index (χ3n) is 3.57. The summed E-state index contributed by atoms with van der Waals surface area (Å²) in [5.41, 5.74) is 7.17. The first-order chi connectivity index (χ1) is 10.1. The average molecular weight is 289 g/mol. The van der Waals surface area contributed by atoms with Crippen LogP contribution in [0.25, 0.3) is 0 Å². The summed E-state index contributed by atoms with van der Waals surface area (Å²) in [5, 5.41) is 0. The lowest BCUT2D eigenvalue weighted by Gasteiger charge is -2.17. The lowest BCUT2D eigenvalue weighted by molar-refractivity contribution is 0.381. The Hall–Kier alpha value is -2.23. The van der Waals surface area contributed by atoms with E-state index >= 15 is 0 Å². The smallest absolute Gasteiger partial charge is 0.167 e. The Bertz CT molecular complexity index is 628. The van der Waals surface area contributed by atoms with E-state index in [1.54, 1.807) is 0 Å². The molecule has 4 heteroatoms. The number of hydrogen-bond acceptors (Lipinski definition) is 3. The van der Waals surface area contributed by atoms with Crippen molar-refractivity contribution in [1.82, 2.24) is 0 Å². The molecular formula is C17H20FNO2. The first kappa shape index (κ1) is 15.2. The van der Waals surface area contributed by atoms with E-state index in [4.69, 9.17) is 15.2 Å². The van der Waals surface area contributed by atoms with Crippen molar-refractivity contribution in [3.63, 3.8) is 0 Å². The third-order valence-corrected chi connectivity index (χ3v) is 3.57. The van der Waals surface area contributed by atoms with Crippen LogP contribution in [0.3, 0.4) is 0 Å². The molecule has 0 aromatic heterocycles. The van der Waals surface area contributed by atoms with Gasteiger partial charge in [-0.15, -0.1) is 0 Å². The van der Waals surface area contributed by atoms with Crippen LogP contribution in [0, 0.1) is 5.82 Å². The minimum Gasteiger partial charge on any atom is -0.494 e. The highest BCUT2D eigenvalue weighted by Crippen LogP contribution is 2.37. The molecule has 2 N–H and O–H groups in total. The first-order valence-corrected chi connectivity index (χ1v) is 6.96. The Kier molecular flexibility index (Phi) is 4.68. The molecule has 3 nitrogen and oxygen atoms in total. The highest BCUT2D eigenvalue weighted by molar-refractivity contribution is 5.58. The maximum absolute atomic E-state index is 13.6. The summed E-state index contributed by atoms with van der Waals surface area (Å²) in [7, 11) is 1.41. The average Bonchev–Trinajstić information content (AvgIpc) is 2.49. The molecular weight excluding hydrogens is 269 g/mol. The molecule has 0 radical (unpaired) electrons. The molecule has 21 heavy (non-hydrogen) atoms. The Balaban J connectivity index is 2.39. The fraction of sp³-hybridized carbons (Fsp3) is 0.294. The minimum atomic E-state index is -0.502. The number of methoxy groups -OCH3 is 1. The lowest BCUT2D eigenvalue weighted by atomic mass is 9.98. The van der Waals surface area contributed by atoms with Gasteiger partial charge >= 0.3 is 0 Å². The van der Waals surface area contributed by atoms with Crippen LogP contribution in [0.4, 0.5) is 10.1 Å². The second-order valence-electron chi connectivity index (χ2n) is 4.97. The van der Waals surface area contributed by atoms with E-state index in [9.17, 15) is 4.39 Å². The van der Waals surface area contributed by atoms with E-state index < -0.39 is 5.82 Å². The summed E-state index contributed by atoms with van der Waals surface area (Å²) >= 11 is 0. The number of ether oxygens (including phenoxy) is 2. The van der Waals surface area contributed by atoms with Gasteiger partial charge < -0.3 is 15.2 Å². The molecule has 0 saturated heterocycles. The topological polar surface area (TPSA) is 44.5 Å². The van der Waals surface area contributed by atoms with Crippen LogP contribution >= 0.6 is 0 Å². The van der Waals surface area contributed by atoms with E-state index in [0.717, 1.165) is 17.7 Å². The molecule has 2 rings (SSSR count). The van der Waals surface area contributed by atoms with Crippen molar-refractivity contribution >= 4 is 5.69 Å². The summed E-state index contributed by atoms with van der Waals surface area (Å²) < 4.78 is 24.4. The largest absolute Gasteiger partial charge is 0.494 e. The molecule has 0 bridgehead atoms. The summed E-state index contributed by atoms with van der Waals surface area (Å²) in [6.45, 7) is 4.26. The number of benzene rings is 2. The Morgan fingerprint density at radius 3 is 2.52 bits per heavy atom. The molecule has 0 aliphatic rings. The summed E-state index contributed by atoms with van der Waals surface area (Å²) in [4.78, 5) is 0. The van der Waals surface area contributed by atoms with Crippen molar-refractivity contribution in [2.75, 3.05) is 12.8 Å². The fourth-order valence-corrected chi connectivity index (χ4v) is 2.11. The van der Waals surface area contributed by atoms with Gasteiger partial charge in [0.2, 0.25) is 0 Å². The number of rotatable bonds is 5. The number of anilines is 1. The van der Waals surface area contributed by atoms with Crippen molar-refractivity contribution in [1.29, 1.82) is 0 Å². The number of nitrogen functional groups attached to an aromatic ring is 1. The van der Waals surface area contributed by atoms with Gasteiger partial charge in [0.25, 0.3) is 0 Å². The molecule has 1 atom stereocenters. The quantitative estimate of drug-likeness (QED) is 0.810.